The van der Waals surface area contributed by atoms with Crippen molar-refractivity contribution in [2.24, 2.45) is 0 Å². The van der Waals surface area contributed by atoms with Crippen LogP contribution in [0.5, 0.6) is 5.75 Å². The van der Waals surface area contributed by atoms with Crippen LogP contribution >= 0.6 is 11.8 Å². The van der Waals surface area contributed by atoms with Gasteiger partial charge in [0.15, 0.2) is 0 Å². The van der Waals surface area contributed by atoms with Crippen molar-refractivity contribution in [3.05, 3.63) is 29.8 Å². The highest BCUT2D eigenvalue weighted by Crippen LogP contribution is 2.27. The molecule has 1 aromatic carbocycles. The van der Waals surface area contributed by atoms with Gasteiger partial charge in [-0.3, -0.25) is 0 Å². The molecule has 2 nitrogen and oxygen atoms in total. The molecule has 2 aliphatic heterocycles. The van der Waals surface area contributed by atoms with E-state index in [-0.39, 0.29) is 0 Å². The maximum atomic E-state index is 6.29. The zero-order valence-corrected chi connectivity index (χ0v) is 13.0. The SMILES string of the molecule is c1ccc(OC2CCSCC2)c(CC2CCCCN2)c1. The average Bonchev–Trinajstić information content (AvgIpc) is 2.51. The van der Waals surface area contributed by atoms with Gasteiger partial charge in [-0.05, 0) is 61.8 Å². The van der Waals surface area contributed by atoms with Gasteiger partial charge in [0.2, 0.25) is 0 Å². The highest BCUT2D eigenvalue weighted by atomic mass is 32.2. The van der Waals surface area contributed by atoms with E-state index in [9.17, 15) is 0 Å². The van der Waals surface area contributed by atoms with Crippen molar-refractivity contribution in [2.45, 2.75) is 50.7 Å². The summed E-state index contributed by atoms with van der Waals surface area (Å²) in [4.78, 5) is 0. The molecule has 2 fully saturated rings. The maximum Gasteiger partial charge on any atom is 0.122 e. The Bertz CT molecular complexity index is 372. The first kappa shape index (κ1) is 14.3. The number of piperidine rings is 1. The minimum atomic E-state index is 0.428. The normalized spacial score (nSPS) is 24.5. The molecule has 1 N–H and O–H groups in total. The minimum absolute atomic E-state index is 0.428. The number of nitrogens with one attached hydrogen (secondary N) is 1. The van der Waals surface area contributed by atoms with Gasteiger partial charge in [0.1, 0.15) is 11.9 Å². The molecule has 0 aliphatic carbocycles. The summed E-state index contributed by atoms with van der Waals surface area (Å²) in [7, 11) is 0. The molecule has 0 spiro atoms. The number of para-hydroxylation sites is 1. The molecule has 20 heavy (non-hydrogen) atoms. The molecule has 2 heterocycles. The van der Waals surface area contributed by atoms with Crippen LogP contribution in [0.2, 0.25) is 0 Å². The second-order valence-corrected chi connectivity index (χ2v) is 7.11. The molecule has 1 atom stereocenters. The summed E-state index contributed by atoms with van der Waals surface area (Å²) in [6.45, 7) is 1.17. The number of benzene rings is 1. The molecule has 0 radical (unpaired) electrons. The summed E-state index contributed by atoms with van der Waals surface area (Å²) in [6.07, 6.45) is 7.92. The first-order valence-corrected chi connectivity index (χ1v) is 9.13. The fourth-order valence-corrected chi connectivity index (χ4v) is 4.19. The zero-order chi connectivity index (χ0) is 13.6. The number of hydrogen-bond acceptors (Lipinski definition) is 3. The van der Waals surface area contributed by atoms with Gasteiger partial charge in [0.25, 0.3) is 0 Å². The Morgan fingerprint density at radius 3 is 2.75 bits per heavy atom. The van der Waals surface area contributed by atoms with Crippen LogP contribution in [0.4, 0.5) is 0 Å². The minimum Gasteiger partial charge on any atom is -0.490 e. The lowest BCUT2D eigenvalue weighted by molar-refractivity contribution is 0.190. The van der Waals surface area contributed by atoms with E-state index in [0.29, 0.717) is 12.1 Å². The predicted octanol–water partition coefficient (Wildman–Crippen LogP) is 3.65. The van der Waals surface area contributed by atoms with Crippen molar-refractivity contribution in [2.75, 3.05) is 18.1 Å². The molecule has 3 rings (SSSR count). The molecule has 110 valence electrons. The Kier molecular flexibility index (Phi) is 5.26. The lowest BCUT2D eigenvalue weighted by Crippen LogP contribution is -2.35. The van der Waals surface area contributed by atoms with E-state index in [1.165, 1.54) is 55.7 Å². The van der Waals surface area contributed by atoms with Crippen LogP contribution in [0.15, 0.2) is 24.3 Å². The molecule has 1 unspecified atom stereocenters. The number of thioether (sulfide) groups is 1. The van der Waals surface area contributed by atoms with Crippen molar-refractivity contribution in [3.63, 3.8) is 0 Å². The monoisotopic (exact) mass is 291 g/mol. The Morgan fingerprint density at radius 2 is 1.95 bits per heavy atom. The second-order valence-electron chi connectivity index (χ2n) is 5.89. The third-order valence-corrected chi connectivity index (χ3v) is 5.36. The first-order chi connectivity index (χ1) is 9.92. The van der Waals surface area contributed by atoms with Gasteiger partial charge >= 0.3 is 0 Å². The van der Waals surface area contributed by atoms with Gasteiger partial charge in [-0.2, -0.15) is 11.8 Å². The molecule has 0 aromatic heterocycles. The van der Waals surface area contributed by atoms with Crippen molar-refractivity contribution in [1.82, 2.24) is 5.32 Å². The summed E-state index contributed by atoms with van der Waals surface area (Å²) in [5.41, 5.74) is 1.38. The quantitative estimate of drug-likeness (QED) is 0.915. The number of rotatable bonds is 4. The highest BCUT2D eigenvalue weighted by Gasteiger charge is 2.19. The van der Waals surface area contributed by atoms with Crippen LogP contribution in [0.1, 0.15) is 37.7 Å². The van der Waals surface area contributed by atoms with E-state index in [1.54, 1.807) is 0 Å². The summed E-state index contributed by atoms with van der Waals surface area (Å²) < 4.78 is 6.29. The number of ether oxygens (including phenoxy) is 1. The summed E-state index contributed by atoms with van der Waals surface area (Å²) in [6, 6.07) is 9.27. The van der Waals surface area contributed by atoms with Crippen LogP contribution in [0.3, 0.4) is 0 Å². The van der Waals surface area contributed by atoms with Crippen molar-refractivity contribution in [3.8, 4) is 5.75 Å². The number of hydrogen-bond donors (Lipinski definition) is 1. The molecule has 2 saturated heterocycles. The fourth-order valence-electron chi connectivity index (χ4n) is 3.12. The van der Waals surface area contributed by atoms with Crippen LogP contribution < -0.4 is 10.1 Å². The first-order valence-electron chi connectivity index (χ1n) is 7.97. The third kappa shape index (κ3) is 3.92. The zero-order valence-electron chi connectivity index (χ0n) is 12.1. The highest BCUT2D eigenvalue weighted by molar-refractivity contribution is 7.99. The van der Waals surface area contributed by atoms with Crippen LogP contribution in [0, 0.1) is 0 Å². The molecule has 3 heteroatoms. The maximum absolute atomic E-state index is 6.29. The van der Waals surface area contributed by atoms with Gasteiger partial charge < -0.3 is 10.1 Å². The van der Waals surface area contributed by atoms with E-state index in [1.807, 2.05) is 0 Å². The van der Waals surface area contributed by atoms with E-state index in [0.717, 1.165) is 12.2 Å². The van der Waals surface area contributed by atoms with E-state index in [2.05, 4.69) is 41.3 Å². The summed E-state index contributed by atoms with van der Waals surface area (Å²) in [5, 5.41) is 3.64. The van der Waals surface area contributed by atoms with Gasteiger partial charge in [0, 0.05) is 6.04 Å². The predicted molar refractivity (Wildman–Crippen MR) is 86.8 cm³/mol. The molecule has 1 aromatic rings. The third-order valence-electron chi connectivity index (χ3n) is 4.31. The molecule has 0 amide bonds. The lowest BCUT2D eigenvalue weighted by atomic mass is 9.97. The Hall–Kier alpha value is -0.670. The van der Waals surface area contributed by atoms with Gasteiger partial charge in [0.05, 0.1) is 0 Å². The lowest BCUT2D eigenvalue weighted by Gasteiger charge is -2.27. The topological polar surface area (TPSA) is 21.3 Å². The van der Waals surface area contributed by atoms with Gasteiger partial charge in [-0.25, -0.2) is 0 Å². The second kappa shape index (κ2) is 7.37. The Balaban J connectivity index is 1.63. The van der Waals surface area contributed by atoms with Crippen LogP contribution in [-0.4, -0.2) is 30.2 Å². The molecular weight excluding hydrogens is 266 g/mol. The van der Waals surface area contributed by atoms with Crippen LogP contribution in [0.25, 0.3) is 0 Å². The van der Waals surface area contributed by atoms with Crippen molar-refractivity contribution < 1.29 is 4.74 Å². The van der Waals surface area contributed by atoms with Crippen molar-refractivity contribution in [1.29, 1.82) is 0 Å². The van der Waals surface area contributed by atoms with Crippen molar-refractivity contribution >= 4 is 11.8 Å². The molecule has 2 aliphatic rings. The molecule has 0 bridgehead atoms. The fraction of sp³-hybridized carbons (Fsp3) is 0.647. The van der Waals surface area contributed by atoms with Gasteiger partial charge in [-0.15, -0.1) is 0 Å². The van der Waals surface area contributed by atoms with E-state index < -0.39 is 0 Å². The van der Waals surface area contributed by atoms with E-state index in [4.69, 9.17) is 4.74 Å². The summed E-state index contributed by atoms with van der Waals surface area (Å²) in [5.74, 6) is 3.62. The van der Waals surface area contributed by atoms with Gasteiger partial charge in [-0.1, -0.05) is 24.6 Å². The smallest absolute Gasteiger partial charge is 0.122 e. The standard InChI is InChI=1S/C17H25NOS/c1-2-7-17(19-16-8-11-20-12-9-16)14(5-1)13-15-6-3-4-10-18-15/h1-2,5,7,15-16,18H,3-4,6,8-13H2. The molecule has 0 saturated carbocycles. The Morgan fingerprint density at radius 1 is 1.10 bits per heavy atom. The Labute approximate surface area is 126 Å². The largest absolute Gasteiger partial charge is 0.490 e. The van der Waals surface area contributed by atoms with Crippen LogP contribution in [-0.2, 0) is 6.42 Å². The van der Waals surface area contributed by atoms with E-state index >= 15 is 0 Å². The molecular formula is C17H25NOS. The average molecular weight is 291 g/mol. The summed E-state index contributed by atoms with van der Waals surface area (Å²) >= 11 is 2.05.